The van der Waals surface area contributed by atoms with E-state index in [-0.39, 0.29) is 17.1 Å². The van der Waals surface area contributed by atoms with Gasteiger partial charge < -0.3 is 14.8 Å². The summed E-state index contributed by atoms with van der Waals surface area (Å²) in [5.74, 6) is 0.887. The summed E-state index contributed by atoms with van der Waals surface area (Å²) in [5, 5.41) is 2.99. The number of ketones is 1. The van der Waals surface area contributed by atoms with E-state index in [0.717, 1.165) is 10.1 Å². The molecule has 8 heteroatoms. The zero-order chi connectivity index (χ0) is 23.5. The van der Waals surface area contributed by atoms with Crippen molar-refractivity contribution in [3.05, 3.63) is 91.8 Å². The highest BCUT2D eigenvalue weighted by Gasteiger charge is 2.32. The molecule has 0 bridgehead atoms. The molecule has 4 rings (SSSR count). The first-order chi connectivity index (χ1) is 15.9. The third-order valence-electron chi connectivity index (χ3n) is 5.45. The fraction of sp³-hybridized carbons (Fsp3) is 0.240. The Bertz CT molecular complexity index is 1350. The predicted molar refractivity (Wildman–Crippen MR) is 126 cm³/mol. The molecule has 2 aromatic carbocycles. The number of methoxy groups -OCH3 is 1. The molecule has 0 amide bonds. The molecule has 170 valence electrons. The number of fused-ring (bicyclic) bond motifs is 1. The monoisotopic (exact) mass is 447 g/mol. The van der Waals surface area contributed by atoms with Crippen molar-refractivity contribution in [2.45, 2.75) is 26.5 Å². The number of aromatic nitrogens is 2. The second-order valence-electron chi connectivity index (χ2n) is 7.72. The molecule has 0 saturated heterocycles. The first-order valence-electron chi connectivity index (χ1n) is 10.7. The lowest BCUT2D eigenvalue weighted by Gasteiger charge is -2.12. The van der Waals surface area contributed by atoms with Crippen LogP contribution >= 0.6 is 0 Å². The van der Waals surface area contributed by atoms with Crippen LogP contribution in [-0.2, 0) is 20.2 Å². The Kier molecular flexibility index (Phi) is 6.17. The molecular weight excluding hydrogens is 422 g/mol. The highest BCUT2D eigenvalue weighted by molar-refractivity contribution is 6.19. The van der Waals surface area contributed by atoms with Crippen LogP contribution in [0.25, 0.3) is 6.08 Å². The number of carbonyl (C=O) groups excluding carboxylic acids is 1. The number of benzene rings is 2. The maximum absolute atomic E-state index is 13.0. The second-order valence-corrected chi connectivity index (χ2v) is 7.72. The number of hydrogen-bond donors (Lipinski definition) is 1. The summed E-state index contributed by atoms with van der Waals surface area (Å²) in [7, 11) is 2.94. The van der Waals surface area contributed by atoms with Crippen LogP contribution in [0.3, 0.4) is 0 Å². The van der Waals surface area contributed by atoms with Gasteiger partial charge in [-0.25, -0.2) is 4.79 Å². The summed E-state index contributed by atoms with van der Waals surface area (Å²) in [4.78, 5) is 38.2. The van der Waals surface area contributed by atoms with Gasteiger partial charge in [-0.15, -0.1) is 0 Å². The Balaban J connectivity index is 1.68. The van der Waals surface area contributed by atoms with Crippen molar-refractivity contribution in [1.82, 2.24) is 9.13 Å². The molecule has 0 spiro atoms. The van der Waals surface area contributed by atoms with Crippen molar-refractivity contribution in [2.75, 3.05) is 12.4 Å². The Morgan fingerprint density at radius 3 is 2.48 bits per heavy atom. The average Bonchev–Trinajstić information content (AvgIpc) is 3.15. The number of Topliss-reactive ketones (excluding diaryl/α,β-unsaturated/α-hetero) is 1. The van der Waals surface area contributed by atoms with Crippen LogP contribution in [0.15, 0.2) is 63.8 Å². The molecule has 33 heavy (non-hydrogen) atoms. The first kappa shape index (κ1) is 22.1. The number of nitrogens with zero attached hydrogens (tertiary/aromatic N) is 2. The fourth-order valence-electron chi connectivity index (χ4n) is 3.75. The molecule has 1 aromatic heterocycles. The van der Waals surface area contributed by atoms with Crippen LogP contribution in [0.1, 0.15) is 34.8 Å². The number of allylic oxidation sites excluding steroid dienone is 1. The molecular formula is C25H25N3O5. The molecule has 2 heterocycles. The minimum absolute atomic E-state index is 0.0223. The zero-order valence-electron chi connectivity index (χ0n) is 18.8. The molecule has 3 aromatic rings. The van der Waals surface area contributed by atoms with E-state index in [1.165, 1.54) is 11.6 Å². The fourth-order valence-corrected chi connectivity index (χ4v) is 3.75. The van der Waals surface area contributed by atoms with E-state index >= 15 is 0 Å². The van der Waals surface area contributed by atoms with Gasteiger partial charge in [-0.3, -0.25) is 18.7 Å². The normalized spacial score (nSPS) is 13.7. The number of rotatable bonds is 7. The van der Waals surface area contributed by atoms with Crippen LogP contribution in [0.2, 0.25) is 0 Å². The van der Waals surface area contributed by atoms with Crippen LogP contribution in [0.4, 0.5) is 5.82 Å². The van der Waals surface area contributed by atoms with Crippen molar-refractivity contribution < 1.29 is 14.3 Å². The summed E-state index contributed by atoms with van der Waals surface area (Å²) in [5.41, 5.74) is 0.829. The van der Waals surface area contributed by atoms with Crippen LogP contribution < -0.4 is 26.0 Å². The molecule has 0 radical (unpaired) electrons. The van der Waals surface area contributed by atoms with Crippen molar-refractivity contribution in [3.8, 4) is 11.5 Å². The van der Waals surface area contributed by atoms with E-state index in [4.69, 9.17) is 9.47 Å². The van der Waals surface area contributed by atoms with Crippen molar-refractivity contribution in [3.63, 3.8) is 0 Å². The summed E-state index contributed by atoms with van der Waals surface area (Å²) in [6, 6.07) is 15.1. The smallest absolute Gasteiger partial charge is 0.332 e. The molecule has 1 aliphatic rings. The lowest BCUT2D eigenvalue weighted by molar-refractivity contribution is 0.104. The Hall–Kier alpha value is -4.07. The predicted octanol–water partition coefficient (Wildman–Crippen LogP) is 3.19. The summed E-state index contributed by atoms with van der Waals surface area (Å²) in [6.07, 6.45) is 2.32. The molecule has 0 saturated carbocycles. The maximum atomic E-state index is 13.0. The Labute approximate surface area is 190 Å². The minimum atomic E-state index is -0.607. The van der Waals surface area contributed by atoms with Gasteiger partial charge in [0.05, 0.1) is 12.8 Å². The molecule has 8 nitrogen and oxygen atoms in total. The number of nitrogens with one attached hydrogen (secondary N) is 1. The SMILES string of the molecule is CCCn1c2c(c(=O)n(C)c1=O)C(=O)/C(=C/c1ccc(OC)c(OCc3ccccc3)c1)N2. The lowest BCUT2D eigenvalue weighted by Crippen LogP contribution is -2.40. The Morgan fingerprint density at radius 2 is 1.79 bits per heavy atom. The van der Waals surface area contributed by atoms with Crippen LogP contribution in [0, 0.1) is 0 Å². The lowest BCUT2D eigenvalue weighted by atomic mass is 10.1. The van der Waals surface area contributed by atoms with Gasteiger partial charge in [-0.1, -0.05) is 43.3 Å². The molecule has 0 unspecified atom stereocenters. The van der Waals surface area contributed by atoms with Gasteiger partial charge >= 0.3 is 5.69 Å². The highest BCUT2D eigenvalue weighted by atomic mass is 16.5. The Morgan fingerprint density at radius 1 is 1.03 bits per heavy atom. The molecule has 1 aliphatic heterocycles. The van der Waals surface area contributed by atoms with Crippen LogP contribution in [0.5, 0.6) is 11.5 Å². The highest BCUT2D eigenvalue weighted by Crippen LogP contribution is 2.31. The third-order valence-corrected chi connectivity index (χ3v) is 5.45. The zero-order valence-corrected chi connectivity index (χ0v) is 18.8. The number of hydrogen-bond acceptors (Lipinski definition) is 6. The molecule has 0 atom stereocenters. The standard InChI is InChI=1S/C25H25N3O5/c1-4-12-28-23-21(24(30)27(2)25(28)31)22(29)18(26-23)13-17-10-11-19(32-3)20(14-17)33-15-16-8-6-5-7-9-16/h5-11,13-14,26H,4,12,15H2,1-3H3/b18-13-. The number of ether oxygens (including phenoxy) is 2. The summed E-state index contributed by atoms with van der Waals surface area (Å²) in [6.45, 7) is 2.67. The quantitative estimate of drug-likeness (QED) is 0.560. The van der Waals surface area contributed by atoms with Crippen molar-refractivity contribution in [1.29, 1.82) is 0 Å². The van der Waals surface area contributed by atoms with E-state index < -0.39 is 17.0 Å². The summed E-state index contributed by atoms with van der Waals surface area (Å²) < 4.78 is 13.8. The van der Waals surface area contributed by atoms with Crippen molar-refractivity contribution in [2.24, 2.45) is 7.05 Å². The van der Waals surface area contributed by atoms with Gasteiger partial charge in [0.2, 0.25) is 5.78 Å². The van der Waals surface area contributed by atoms with Gasteiger partial charge in [0, 0.05) is 13.6 Å². The van der Waals surface area contributed by atoms with E-state index in [1.807, 2.05) is 37.3 Å². The largest absolute Gasteiger partial charge is 0.493 e. The van der Waals surface area contributed by atoms with Crippen molar-refractivity contribution >= 4 is 17.7 Å². The maximum Gasteiger partial charge on any atom is 0.332 e. The van der Waals surface area contributed by atoms with Gasteiger partial charge in [-0.2, -0.15) is 0 Å². The second kappa shape index (κ2) is 9.20. The number of anilines is 1. The van der Waals surface area contributed by atoms with Gasteiger partial charge in [0.15, 0.2) is 11.5 Å². The van der Waals surface area contributed by atoms with Gasteiger partial charge in [-0.05, 0) is 35.8 Å². The number of carbonyl (C=O) groups is 1. The summed E-state index contributed by atoms with van der Waals surface area (Å²) >= 11 is 0. The van der Waals surface area contributed by atoms with Crippen LogP contribution in [-0.4, -0.2) is 22.0 Å². The van der Waals surface area contributed by atoms with Gasteiger partial charge in [0.1, 0.15) is 18.0 Å². The van der Waals surface area contributed by atoms with E-state index in [0.29, 0.717) is 36.6 Å². The third kappa shape index (κ3) is 4.19. The van der Waals surface area contributed by atoms with E-state index in [9.17, 15) is 14.4 Å². The molecule has 0 aliphatic carbocycles. The molecule has 1 N–H and O–H groups in total. The minimum Gasteiger partial charge on any atom is -0.493 e. The van der Waals surface area contributed by atoms with E-state index in [2.05, 4.69) is 5.32 Å². The molecule has 0 fully saturated rings. The topological polar surface area (TPSA) is 91.6 Å². The van der Waals surface area contributed by atoms with Gasteiger partial charge in [0.25, 0.3) is 5.56 Å². The van der Waals surface area contributed by atoms with E-state index in [1.54, 1.807) is 31.4 Å². The first-order valence-corrected chi connectivity index (χ1v) is 10.7. The average molecular weight is 447 g/mol.